The molecule has 0 aliphatic heterocycles. The highest BCUT2D eigenvalue weighted by Gasteiger charge is 2.36. The van der Waals surface area contributed by atoms with Crippen molar-refractivity contribution in [3.63, 3.8) is 0 Å². The quantitative estimate of drug-likeness (QED) is 0.480. The summed E-state index contributed by atoms with van der Waals surface area (Å²) in [6.45, 7) is 4.32. The van der Waals surface area contributed by atoms with Crippen LogP contribution in [0.15, 0.2) is 24.3 Å². The second kappa shape index (κ2) is 10.4. The second-order valence-corrected chi connectivity index (χ2v) is 10.9. The zero-order valence-electron chi connectivity index (χ0n) is 16.0. The average molecular weight is 365 g/mol. The van der Waals surface area contributed by atoms with Crippen molar-refractivity contribution in [1.82, 2.24) is 5.32 Å². The third-order valence-electron chi connectivity index (χ3n) is 5.48. The molecule has 2 N–H and O–H groups in total. The van der Waals surface area contributed by atoms with Crippen molar-refractivity contribution in [2.75, 3.05) is 12.3 Å². The van der Waals surface area contributed by atoms with E-state index in [2.05, 4.69) is 19.2 Å². The minimum Gasteiger partial charge on any atom is -0.508 e. The summed E-state index contributed by atoms with van der Waals surface area (Å²) in [6.07, 6.45) is 11.8. The molecule has 142 valence electrons. The first kappa shape index (κ1) is 20.5. The van der Waals surface area contributed by atoms with Gasteiger partial charge < -0.3 is 15.0 Å². The van der Waals surface area contributed by atoms with Gasteiger partial charge in [-0.05, 0) is 31.7 Å². The summed E-state index contributed by atoms with van der Waals surface area (Å²) in [6, 6.07) is 7.92. The molecule has 1 aromatic carbocycles. The molecule has 0 radical (unpaired) electrons. The molecule has 0 saturated heterocycles. The summed E-state index contributed by atoms with van der Waals surface area (Å²) in [5, 5.41) is 14.2. The van der Waals surface area contributed by atoms with Crippen LogP contribution in [0.2, 0.25) is 0 Å². The highest BCUT2D eigenvalue weighted by Crippen LogP contribution is 2.60. The third kappa shape index (κ3) is 5.86. The number of phenolic OH excluding ortho intramolecular Hbond substituents is 1. The largest absolute Gasteiger partial charge is 0.508 e. The Bertz CT molecular complexity index is 543. The van der Waals surface area contributed by atoms with Crippen molar-refractivity contribution in [1.29, 1.82) is 0 Å². The molecule has 0 bridgehead atoms. The number of nitrogens with one attached hydrogen (secondary N) is 1. The molecule has 3 nitrogen and oxygen atoms in total. The molecule has 1 aromatic rings. The first-order valence-electron chi connectivity index (χ1n) is 10.2. The van der Waals surface area contributed by atoms with Crippen LogP contribution in [0.5, 0.6) is 5.75 Å². The van der Waals surface area contributed by atoms with Crippen LogP contribution in [0.3, 0.4) is 0 Å². The van der Waals surface area contributed by atoms with Gasteiger partial charge in [-0.1, -0.05) is 64.2 Å². The summed E-state index contributed by atoms with van der Waals surface area (Å²) in [5.74, 6) is 0.0823. The van der Waals surface area contributed by atoms with E-state index in [0.29, 0.717) is 6.04 Å². The van der Waals surface area contributed by atoms with Crippen molar-refractivity contribution >= 4 is 7.14 Å². The Kier molecular flexibility index (Phi) is 8.52. The highest BCUT2D eigenvalue weighted by atomic mass is 31.2. The molecule has 1 unspecified atom stereocenters. The molecule has 0 amide bonds. The van der Waals surface area contributed by atoms with Crippen LogP contribution >= 0.6 is 7.14 Å². The SMILES string of the molecule is CCCCP(=O)(CCCC)C(NC1CCCCC1)c1ccccc1O. The molecular formula is C21H36NO2P. The Morgan fingerprint density at radius 1 is 1.08 bits per heavy atom. The van der Waals surface area contributed by atoms with E-state index in [0.717, 1.165) is 56.4 Å². The zero-order chi connectivity index (χ0) is 18.1. The van der Waals surface area contributed by atoms with Crippen molar-refractivity contribution in [2.45, 2.75) is 83.5 Å². The normalized spacial score (nSPS) is 17.5. The minimum atomic E-state index is -2.45. The zero-order valence-corrected chi connectivity index (χ0v) is 16.9. The summed E-state index contributed by atoms with van der Waals surface area (Å²) < 4.78 is 14.1. The Balaban J connectivity index is 2.32. The van der Waals surface area contributed by atoms with E-state index in [1.54, 1.807) is 6.07 Å². The number of hydrogen-bond donors (Lipinski definition) is 2. The molecule has 0 aromatic heterocycles. The van der Waals surface area contributed by atoms with Crippen molar-refractivity contribution in [3.05, 3.63) is 29.8 Å². The van der Waals surface area contributed by atoms with Crippen LogP contribution in [0, 0.1) is 0 Å². The van der Waals surface area contributed by atoms with E-state index in [1.807, 2.05) is 18.2 Å². The lowest BCUT2D eigenvalue weighted by molar-refractivity contribution is 0.359. The Hall–Kier alpha value is -0.790. The van der Waals surface area contributed by atoms with Gasteiger partial charge in [0.05, 0.1) is 5.78 Å². The van der Waals surface area contributed by atoms with Gasteiger partial charge in [0.1, 0.15) is 12.9 Å². The van der Waals surface area contributed by atoms with Gasteiger partial charge in [-0.3, -0.25) is 0 Å². The van der Waals surface area contributed by atoms with Crippen LogP contribution in [-0.2, 0) is 4.57 Å². The van der Waals surface area contributed by atoms with Gasteiger partial charge in [0.25, 0.3) is 0 Å². The predicted octanol–water partition coefficient (Wildman–Crippen LogP) is 6.28. The predicted molar refractivity (Wildman–Crippen MR) is 108 cm³/mol. The molecule has 1 fully saturated rings. The lowest BCUT2D eigenvalue weighted by Crippen LogP contribution is -2.35. The second-order valence-electron chi connectivity index (χ2n) is 7.57. The first-order chi connectivity index (χ1) is 12.1. The number of phenols is 1. The fraction of sp³-hybridized carbons (Fsp3) is 0.714. The van der Waals surface area contributed by atoms with E-state index in [9.17, 15) is 9.67 Å². The minimum absolute atomic E-state index is 0.199. The molecule has 25 heavy (non-hydrogen) atoms. The monoisotopic (exact) mass is 365 g/mol. The van der Waals surface area contributed by atoms with Crippen LogP contribution in [-0.4, -0.2) is 23.5 Å². The van der Waals surface area contributed by atoms with Crippen molar-refractivity contribution < 1.29 is 9.67 Å². The van der Waals surface area contributed by atoms with Crippen LogP contribution in [0.4, 0.5) is 0 Å². The van der Waals surface area contributed by atoms with E-state index in [4.69, 9.17) is 0 Å². The number of rotatable bonds is 10. The van der Waals surface area contributed by atoms with Gasteiger partial charge >= 0.3 is 0 Å². The van der Waals surface area contributed by atoms with Gasteiger partial charge in [0, 0.05) is 23.9 Å². The molecule has 2 rings (SSSR count). The molecule has 0 heterocycles. The van der Waals surface area contributed by atoms with E-state index < -0.39 is 7.14 Å². The Labute approximate surface area is 154 Å². The van der Waals surface area contributed by atoms with Crippen molar-refractivity contribution in [2.24, 2.45) is 0 Å². The topological polar surface area (TPSA) is 49.3 Å². The van der Waals surface area contributed by atoms with Gasteiger partial charge in [-0.15, -0.1) is 0 Å². The van der Waals surface area contributed by atoms with Crippen LogP contribution in [0.1, 0.15) is 83.0 Å². The van der Waals surface area contributed by atoms with Crippen molar-refractivity contribution in [3.8, 4) is 5.75 Å². The average Bonchev–Trinajstić information content (AvgIpc) is 2.64. The number of hydrogen-bond acceptors (Lipinski definition) is 3. The first-order valence-corrected chi connectivity index (χ1v) is 12.4. The van der Waals surface area contributed by atoms with Crippen LogP contribution in [0.25, 0.3) is 0 Å². The number of unbranched alkanes of at least 4 members (excludes halogenated alkanes) is 2. The summed E-state index contributed by atoms with van der Waals surface area (Å²) in [7, 11) is -2.45. The molecule has 1 saturated carbocycles. The lowest BCUT2D eigenvalue weighted by Gasteiger charge is -2.34. The summed E-state index contributed by atoms with van der Waals surface area (Å²) >= 11 is 0. The Morgan fingerprint density at radius 3 is 2.24 bits per heavy atom. The third-order valence-corrected chi connectivity index (χ3v) is 9.00. The van der Waals surface area contributed by atoms with Gasteiger partial charge in [0.15, 0.2) is 0 Å². The maximum absolute atomic E-state index is 14.1. The van der Waals surface area contributed by atoms with Gasteiger partial charge in [0.2, 0.25) is 0 Å². The maximum Gasteiger partial charge on any atom is 0.120 e. The molecule has 1 aliphatic carbocycles. The molecule has 0 spiro atoms. The summed E-state index contributed by atoms with van der Waals surface area (Å²) in [5.41, 5.74) is 0.837. The van der Waals surface area contributed by atoms with Gasteiger partial charge in [-0.25, -0.2) is 0 Å². The molecule has 4 heteroatoms. The van der Waals surface area contributed by atoms with E-state index in [1.165, 1.54) is 19.3 Å². The smallest absolute Gasteiger partial charge is 0.120 e. The van der Waals surface area contributed by atoms with E-state index in [-0.39, 0.29) is 11.5 Å². The molecular weight excluding hydrogens is 329 g/mol. The van der Waals surface area contributed by atoms with E-state index >= 15 is 0 Å². The lowest BCUT2D eigenvalue weighted by atomic mass is 9.95. The molecule has 1 atom stereocenters. The number of aromatic hydroxyl groups is 1. The molecule has 1 aliphatic rings. The van der Waals surface area contributed by atoms with Crippen LogP contribution < -0.4 is 5.32 Å². The number of benzene rings is 1. The maximum atomic E-state index is 14.1. The Morgan fingerprint density at radius 2 is 1.68 bits per heavy atom. The fourth-order valence-electron chi connectivity index (χ4n) is 3.91. The summed E-state index contributed by atoms with van der Waals surface area (Å²) in [4.78, 5) is 0. The van der Waals surface area contributed by atoms with Gasteiger partial charge in [-0.2, -0.15) is 0 Å². The highest BCUT2D eigenvalue weighted by molar-refractivity contribution is 7.64. The number of para-hydroxylation sites is 1. The standard InChI is InChI=1S/C21H36NO2P/c1-3-5-16-25(24,17-6-4-2)21(19-14-10-11-15-20(19)23)22-18-12-8-7-9-13-18/h10-11,14-15,18,21-23H,3-9,12-13,16-17H2,1-2H3. The fourth-order valence-corrected chi connectivity index (χ4v) is 7.56.